The van der Waals surface area contributed by atoms with Gasteiger partial charge in [-0.3, -0.25) is 0 Å². The molecule has 0 aromatic heterocycles. The van der Waals surface area contributed by atoms with Crippen LogP contribution in [0, 0.1) is 5.82 Å². The molecule has 0 fully saturated rings. The second kappa shape index (κ2) is 7.57. The number of para-hydroxylation sites is 1. The van der Waals surface area contributed by atoms with Gasteiger partial charge in [0, 0.05) is 11.6 Å². The minimum atomic E-state index is -0.291. The number of hydrogen-bond donors (Lipinski definition) is 1. The molecule has 1 atom stereocenters. The van der Waals surface area contributed by atoms with Gasteiger partial charge >= 0.3 is 0 Å². The third kappa shape index (κ3) is 4.29. The highest BCUT2D eigenvalue weighted by molar-refractivity contribution is 9.10. The van der Waals surface area contributed by atoms with Gasteiger partial charge in [-0.15, -0.1) is 0 Å². The van der Waals surface area contributed by atoms with E-state index in [9.17, 15) is 4.39 Å². The molecule has 0 spiro atoms. The van der Waals surface area contributed by atoms with Crippen LogP contribution in [0.5, 0.6) is 11.5 Å². The summed E-state index contributed by atoms with van der Waals surface area (Å²) in [6.07, 6.45) is 1.08. The Balaban J connectivity index is 2.23. The van der Waals surface area contributed by atoms with Gasteiger partial charge in [0.2, 0.25) is 0 Å². The summed E-state index contributed by atoms with van der Waals surface area (Å²) >= 11 is 3.33. The Bertz CT molecular complexity index is 603. The van der Waals surface area contributed by atoms with Gasteiger partial charge in [-0.2, -0.15) is 0 Å². The molecule has 1 N–H and O–H groups in total. The summed E-state index contributed by atoms with van der Waals surface area (Å²) in [5, 5.41) is 3.45. The summed E-state index contributed by atoms with van der Waals surface area (Å²) in [4.78, 5) is 0. The maximum absolute atomic E-state index is 13.1. The van der Waals surface area contributed by atoms with Crippen LogP contribution in [0.15, 0.2) is 46.9 Å². The molecule has 0 bridgehead atoms. The predicted molar refractivity (Wildman–Crippen MR) is 87.3 cm³/mol. The number of hydrogen-bond acceptors (Lipinski definition) is 2. The van der Waals surface area contributed by atoms with Crippen LogP contribution in [0.3, 0.4) is 0 Å². The molecule has 2 aromatic carbocycles. The number of nitrogens with one attached hydrogen (secondary N) is 1. The largest absolute Gasteiger partial charge is 0.456 e. The minimum absolute atomic E-state index is 0.195. The van der Waals surface area contributed by atoms with Crippen molar-refractivity contribution in [3.8, 4) is 11.5 Å². The smallest absolute Gasteiger partial charge is 0.141 e. The van der Waals surface area contributed by atoms with E-state index in [2.05, 4.69) is 35.1 Å². The molecule has 0 heterocycles. The molecule has 0 saturated carbocycles. The Morgan fingerprint density at radius 1 is 1.19 bits per heavy atom. The Morgan fingerprint density at radius 2 is 1.95 bits per heavy atom. The maximum atomic E-state index is 13.1. The highest BCUT2D eigenvalue weighted by atomic mass is 79.9. The van der Waals surface area contributed by atoms with E-state index in [4.69, 9.17) is 4.74 Å². The molecule has 4 heteroatoms. The van der Waals surface area contributed by atoms with Crippen LogP contribution >= 0.6 is 15.9 Å². The fourth-order valence-corrected chi connectivity index (χ4v) is 2.51. The van der Waals surface area contributed by atoms with Crippen LogP contribution in [-0.4, -0.2) is 6.54 Å². The van der Waals surface area contributed by atoms with Crippen molar-refractivity contribution in [2.45, 2.75) is 26.3 Å². The molecule has 2 nitrogen and oxygen atoms in total. The van der Waals surface area contributed by atoms with Crippen LogP contribution in [0.1, 0.15) is 31.9 Å². The zero-order chi connectivity index (χ0) is 15.2. The Kier molecular flexibility index (Phi) is 5.76. The fourth-order valence-electron chi connectivity index (χ4n) is 2.08. The standard InChI is InChI=1S/C17H19BrFNO/c1-3-10-20-12(2)14-6-4-5-7-16(14)21-17-9-8-13(19)11-15(17)18/h4-9,11-12,20H,3,10H2,1-2H3. The quantitative estimate of drug-likeness (QED) is 0.747. The monoisotopic (exact) mass is 351 g/mol. The fraction of sp³-hybridized carbons (Fsp3) is 0.294. The van der Waals surface area contributed by atoms with E-state index in [1.165, 1.54) is 12.1 Å². The van der Waals surface area contributed by atoms with Gasteiger partial charge in [0.25, 0.3) is 0 Å². The zero-order valence-electron chi connectivity index (χ0n) is 12.2. The minimum Gasteiger partial charge on any atom is -0.456 e. The summed E-state index contributed by atoms with van der Waals surface area (Å²) in [6, 6.07) is 12.5. The van der Waals surface area contributed by atoms with Crippen LogP contribution < -0.4 is 10.1 Å². The molecule has 112 valence electrons. The lowest BCUT2D eigenvalue weighted by Gasteiger charge is -2.18. The lowest BCUT2D eigenvalue weighted by Crippen LogP contribution is -2.19. The molecule has 2 rings (SSSR count). The number of benzene rings is 2. The van der Waals surface area contributed by atoms with Crippen molar-refractivity contribution in [3.05, 3.63) is 58.3 Å². The molecular weight excluding hydrogens is 333 g/mol. The van der Waals surface area contributed by atoms with Crippen molar-refractivity contribution in [2.75, 3.05) is 6.54 Å². The number of halogens is 2. The van der Waals surface area contributed by atoms with E-state index >= 15 is 0 Å². The predicted octanol–water partition coefficient (Wildman–Crippen LogP) is 5.44. The molecule has 0 aliphatic rings. The second-order valence-corrected chi connectivity index (χ2v) is 5.74. The summed E-state index contributed by atoms with van der Waals surface area (Å²) in [5.74, 6) is 1.09. The first-order valence-corrected chi connectivity index (χ1v) is 7.86. The number of ether oxygens (including phenoxy) is 1. The van der Waals surface area contributed by atoms with Gasteiger partial charge in [-0.1, -0.05) is 25.1 Å². The van der Waals surface area contributed by atoms with Crippen molar-refractivity contribution in [1.82, 2.24) is 5.32 Å². The average Bonchev–Trinajstić information content (AvgIpc) is 2.48. The highest BCUT2D eigenvalue weighted by Crippen LogP contribution is 2.33. The molecule has 1 unspecified atom stereocenters. The lowest BCUT2D eigenvalue weighted by atomic mass is 10.1. The van der Waals surface area contributed by atoms with Gasteiger partial charge in [-0.25, -0.2) is 4.39 Å². The van der Waals surface area contributed by atoms with Gasteiger partial charge in [0.15, 0.2) is 0 Å². The van der Waals surface area contributed by atoms with Crippen LogP contribution in [0.2, 0.25) is 0 Å². The molecule has 2 aromatic rings. The second-order valence-electron chi connectivity index (χ2n) is 4.89. The third-order valence-corrected chi connectivity index (χ3v) is 3.82. The first-order chi connectivity index (χ1) is 10.1. The Labute approximate surface area is 133 Å². The maximum Gasteiger partial charge on any atom is 0.141 e. The van der Waals surface area contributed by atoms with Gasteiger partial charge in [0.1, 0.15) is 17.3 Å². The van der Waals surface area contributed by atoms with Gasteiger partial charge in [-0.05, 0) is 60.1 Å². The first kappa shape index (κ1) is 16.0. The van der Waals surface area contributed by atoms with Crippen molar-refractivity contribution in [2.24, 2.45) is 0 Å². The molecule has 0 aliphatic carbocycles. The first-order valence-electron chi connectivity index (χ1n) is 7.07. The van der Waals surface area contributed by atoms with Crippen molar-refractivity contribution in [3.63, 3.8) is 0 Å². The van der Waals surface area contributed by atoms with E-state index < -0.39 is 0 Å². The summed E-state index contributed by atoms with van der Waals surface area (Å²) in [7, 11) is 0. The average molecular weight is 352 g/mol. The van der Waals surface area contributed by atoms with Crippen LogP contribution in [-0.2, 0) is 0 Å². The lowest BCUT2D eigenvalue weighted by molar-refractivity contribution is 0.457. The van der Waals surface area contributed by atoms with Crippen molar-refractivity contribution < 1.29 is 9.13 Å². The van der Waals surface area contributed by atoms with E-state index in [-0.39, 0.29) is 11.9 Å². The van der Waals surface area contributed by atoms with Crippen molar-refractivity contribution in [1.29, 1.82) is 0 Å². The molecule has 0 aliphatic heterocycles. The van der Waals surface area contributed by atoms with Gasteiger partial charge < -0.3 is 10.1 Å². The van der Waals surface area contributed by atoms with E-state index in [1.54, 1.807) is 6.07 Å². The highest BCUT2D eigenvalue weighted by Gasteiger charge is 2.12. The summed E-state index contributed by atoms with van der Waals surface area (Å²) in [6.45, 7) is 5.20. The molecule has 21 heavy (non-hydrogen) atoms. The van der Waals surface area contributed by atoms with E-state index in [0.29, 0.717) is 10.2 Å². The van der Waals surface area contributed by atoms with Crippen LogP contribution in [0.4, 0.5) is 4.39 Å². The van der Waals surface area contributed by atoms with Crippen molar-refractivity contribution >= 4 is 15.9 Å². The van der Waals surface area contributed by atoms with Crippen LogP contribution in [0.25, 0.3) is 0 Å². The Morgan fingerprint density at radius 3 is 2.67 bits per heavy atom. The molecule has 0 saturated heterocycles. The SMILES string of the molecule is CCCNC(C)c1ccccc1Oc1ccc(F)cc1Br. The summed E-state index contributed by atoms with van der Waals surface area (Å²) in [5.41, 5.74) is 1.09. The molecule has 0 radical (unpaired) electrons. The third-order valence-electron chi connectivity index (χ3n) is 3.20. The van der Waals surface area contributed by atoms with E-state index in [1.807, 2.05) is 24.3 Å². The molecule has 0 amide bonds. The summed E-state index contributed by atoms with van der Waals surface area (Å²) < 4.78 is 19.7. The number of rotatable bonds is 6. The zero-order valence-corrected chi connectivity index (χ0v) is 13.8. The normalized spacial score (nSPS) is 12.2. The van der Waals surface area contributed by atoms with Gasteiger partial charge in [0.05, 0.1) is 4.47 Å². The Hall–Kier alpha value is -1.39. The van der Waals surface area contributed by atoms with E-state index in [0.717, 1.165) is 24.3 Å². The topological polar surface area (TPSA) is 21.3 Å². The molecular formula is C17H19BrFNO.